The van der Waals surface area contributed by atoms with Gasteiger partial charge in [-0.05, 0) is 36.4 Å². The normalized spacial score (nSPS) is 10.7. The molecule has 7 heteroatoms. The Balaban J connectivity index is 1.75. The van der Waals surface area contributed by atoms with Crippen molar-refractivity contribution in [2.75, 3.05) is 6.61 Å². The van der Waals surface area contributed by atoms with Gasteiger partial charge in [0.15, 0.2) is 11.7 Å². The van der Waals surface area contributed by atoms with Gasteiger partial charge in [0.05, 0.1) is 11.1 Å². The van der Waals surface area contributed by atoms with E-state index in [2.05, 4.69) is 10.5 Å². The summed E-state index contributed by atoms with van der Waals surface area (Å²) in [6.07, 6.45) is 1.34. The molecule has 0 aliphatic carbocycles. The summed E-state index contributed by atoms with van der Waals surface area (Å²) in [6.45, 7) is -0.248. The number of amides is 1. The first kappa shape index (κ1) is 14.1. The zero-order chi connectivity index (χ0) is 14.4. The second-order valence-electron chi connectivity index (χ2n) is 3.68. The van der Waals surface area contributed by atoms with Crippen LogP contribution in [0.1, 0.15) is 4.88 Å². The number of nitrogens with zero attached hydrogens (tertiary/aromatic N) is 1. The van der Waals surface area contributed by atoms with Gasteiger partial charge in [-0.25, -0.2) is 9.82 Å². The first-order chi connectivity index (χ1) is 9.63. The summed E-state index contributed by atoms with van der Waals surface area (Å²) < 4.78 is 30.4. The first-order valence-corrected chi connectivity index (χ1v) is 6.41. The summed E-state index contributed by atoms with van der Waals surface area (Å²) in [5.74, 6) is -0.469. The molecule has 104 valence electrons. The number of benzene rings is 1. The molecule has 1 aromatic heterocycles. The maximum absolute atomic E-state index is 12.7. The standard InChI is InChI=1S/C13H10F2N2O2S/c14-9-1-3-10(4-2-9)19-8-13(18)17-16-7-11-5-6-12(15)20-11/h1-7H,8H2,(H,17,18)/b16-7-. The topological polar surface area (TPSA) is 50.7 Å². The highest BCUT2D eigenvalue weighted by atomic mass is 32.1. The number of halogens is 2. The zero-order valence-corrected chi connectivity index (χ0v) is 11.0. The largest absolute Gasteiger partial charge is 0.484 e. The summed E-state index contributed by atoms with van der Waals surface area (Å²) in [5, 5.41) is 3.34. The van der Waals surface area contributed by atoms with E-state index in [0.717, 1.165) is 11.3 Å². The van der Waals surface area contributed by atoms with Crippen molar-refractivity contribution in [1.29, 1.82) is 0 Å². The number of thiophene rings is 1. The van der Waals surface area contributed by atoms with Gasteiger partial charge in [0, 0.05) is 0 Å². The Hall–Kier alpha value is -2.28. The SMILES string of the molecule is O=C(COc1ccc(F)cc1)N/N=C\c1ccc(F)s1. The molecule has 2 rings (SSSR count). The molecule has 0 bridgehead atoms. The fraction of sp³-hybridized carbons (Fsp3) is 0.0769. The molecule has 0 spiro atoms. The van der Waals surface area contributed by atoms with Crippen LogP contribution >= 0.6 is 11.3 Å². The van der Waals surface area contributed by atoms with Crippen LogP contribution in [-0.2, 0) is 4.79 Å². The third-order valence-corrected chi connectivity index (χ3v) is 2.97. The van der Waals surface area contributed by atoms with Crippen molar-refractivity contribution < 1.29 is 18.3 Å². The van der Waals surface area contributed by atoms with Gasteiger partial charge in [0.25, 0.3) is 5.91 Å². The molecule has 0 saturated heterocycles. The minimum absolute atomic E-state index is 0.248. The van der Waals surface area contributed by atoms with Crippen molar-refractivity contribution in [3.63, 3.8) is 0 Å². The number of hydrazone groups is 1. The summed E-state index contributed by atoms with van der Waals surface area (Å²) >= 11 is 0.917. The van der Waals surface area contributed by atoms with E-state index in [-0.39, 0.29) is 17.6 Å². The smallest absolute Gasteiger partial charge is 0.277 e. The highest BCUT2D eigenvalue weighted by Crippen LogP contribution is 2.12. The molecular weight excluding hydrogens is 286 g/mol. The molecular formula is C13H10F2N2O2S. The third-order valence-electron chi connectivity index (χ3n) is 2.16. The van der Waals surface area contributed by atoms with Crippen LogP contribution in [0.25, 0.3) is 0 Å². The molecule has 1 aromatic carbocycles. The van der Waals surface area contributed by atoms with E-state index in [1.54, 1.807) is 6.07 Å². The van der Waals surface area contributed by atoms with Gasteiger partial charge in [-0.2, -0.15) is 9.49 Å². The highest BCUT2D eigenvalue weighted by Gasteiger charge is 2.01. The van der Waals surface area contributed by atoms with Gasteiger partial charge >= 0.3 is 0 Å². The number of rotatable bonds is 5. The van der Waals surface area contributed by atoms with E-state index in [1.807, 2.05) is 0 Å². The molecule has 1 heterocycles. The quantitative estimate of drug-likeness (QED) is 0.681. The Kier molecular flexibility index (Phi) is 4.78. The van der Waals surface area contributed by atoms with Gasteiger partial charge in [-0.1, -0.05) is 0 Å². The van der Waals surface area contributed by atoms with Crippen LogP contribution in [0.15, 0.2) is 41.5 Å². The van der Waals surface area contributed by atoms with Crippen molar-refractivity contribution in [2.24, 2.45) is 5.10 Å². The predicted molar refractivity (Wildman–Crippen MR) is 71.9 cm³/mol. The number of carbonyl (C=O) groups excluding carboxylic acids is 1. The maximum atomic E-state index is 12.7. The van der Waals surface area contributed by atoms with Crippen LogP contribution in [-0.4, -0.2) is 18.7 Å². The molecule has 2 aromatic rings. The zero-order valence-electron chi connectivity index (χ0n) is 10.2. The molecule has 0 radical (unpaired) electrons. The lowest BCUT2D eigenvalue weighted by molar-refractivity contribution is -0.123. The Morgan fingerprint density at radius 2 is 2.00 bits per heavy atom. The fourth-order valence-electron chi connectivity index (χ4n) is 1.28. The summed E-state index contributed by atoms with van der Waals surface area (Å²) in [6, 6.07) is 8.16. The molecule has 0 atom stereocenters. The molecule has 0 aliphatic rings. The van der Waals surface area contributed by atoms with E-state index in [1.165, 1.54) is 36.5 Å². The number of hydrogen-bond acceptors (Lipinski definition) is 4. The molecule has 0 fully saturated rings. The molecule has 1 amide bonds. The van der Waals surface area contributed by atoms with Gasteiger partial charge < -0.3 is 4.74 Å². The molecule has 1 N–H and O–H groups in total. The van der Waals surface area contributed by atoms with Crippen LogP contribution in [0.3, 0.4) is 0 Å². The van der Waals surface area contributed by atoms with Crippen LogP contribution < -0.4 is 10.2 Å². The Bertz CT molecular complexity index is 611. The Morgan fingerprint density at radius 3 is 2.65 bits per heavy atom. The van der Waals surface area contributed by atoms with Crippen molar-refractivity contribution in [1.82, 2.24) is 5.43 Å². The van der Waals surface area contributed by atoms with Crippen molar-refractivity contribution >= 4 is 23.5 Å². The maximum Gasteiger partial charge on any atom is 0.277 e. The van der Waals surface area contributed by atoms with E-state index < -0.39 is 5.91 Å². The molecule has 0 aliphatic heterocycles. The van der Waals surface area contributed by atoms with E-state index in [4.69, 9.17) is 4.74 Å². The number of ether oxygens (including phenoxy) is 1. The summed E-state index contributed by atoms with van der Waals surface area (Å²) in [4.78, 5) is 12.0. The second-order valence-corrected chi connectivity index (χ2v) is 4.74. The molecule has 20 heavy (non-hydrogen) atoms. The van der Waals surface area contributed by atoms with Gasteiger partial charge in [0.2, 0.25) is 0 Å². The van der Waals surface area contributed by atoms with Gasteiger partial charge in [-0.15, -0.1) is 11.3 Å². The lowest BCUT2D eigenvalue weighted by Gasteiger charge is -2.04. The molecule has 4 nitrogen and oxygen atoms in total. The average Bonchev–Trinajstić information content (AvgIpc) is 2.84. The first-order valence-electron chi connectivity index (χ1n) is 5.59. The van der Waals surface area contributed by atoms with E-state index in [9.17, 15) is 13.6 Å². The minimum atomic E-state index is -0.470. The number of carbonyl (C=O) groups is 1. The van der Waals surface area contributed by atoms with Crippen LogP contribution in [0.4, 0.5) is 8.78 Å². The highest BCUT2D eigenvalue weighted by molar-refractivity contribution is 7.12. The lowest BCUT2D eigenvalue weighted by atomic mass is 10.3. The fourth-order valence-corrected chi connectivity index (χ4v) is 1.88. The van der Waals surface area contributed by atoms with Crippen molar-refractivity contribution in [3.8, 4) is 5.75 Å². The number of hydrogen-bond donors (Lipinski definition) is 1. The van der Waals surface area contributed by atoms with Crippen LogP contribution in [0, 0.1) is 10.9 Å². The molecule has 0 saturated carbocycles. The summed E-state index contributed by atoms with van der Waals surface area (Å²) in [7, 11) is 0. The van der Waals surface area contributed by atoms with Crippen molar-refractivity contribution in [3.05, 3.63) is 52.2 Å². The van der Waals surface area contributed by atoms with Gasteiger partial charge in [0.1, 0.15) is 11.6 Å². The monoisotopic (exact) mass is 296 g/mol. The van der Waals surface area contributed by atoms with E-state index in [0.29, 0.717) is 10.6 Å². The van der Waals surface area contributed by atoms with Crippen LogP contribution in [0.2, 0.25) is 0 Å². The average molecular weight is 296 g/mol. The van der Waals surface area contributed by atoms with Crippen molar-refractivity contribution in [2.45, 2.75) is 0 Å². The van der Waals surface area contributed by atoms with Gasteiger partial charge in [-0.3, -0.25) is 4.79 Å². The third kappa shape index (κ3) is 4.43. The van der Waals surface area contributed by atoms with E-state index >= 15 is 0 Å². The predicted octanol–water partition coefficient (Wildman–Crippen LogP) is 2.56. The lowest BCUT2D eigenvalue weighted by Crippen LogP contribution is -2.24. The summed E-state index contributed by atoms with van der Waals surface area (Å²) in [5.41, 5.74) is 2.24. The second kappa shape index (κ2) is 6.76. The number of nitrogens with one attached hydrogen (secondary N) is 1. The molecule has 0 unspecified atom stereocenters. The minimum Gasteiger partial charge on any atom is -0.484 e. The Morgan fingerprint density at radius 1 is 1.25 bits per heavy atom. The van der Waals surface area contributed by atoms with Crippen LogP contribution in [0.5, 0.6) is 5.75 Å². The Labute approximate surface area is 117 Å².